The lowest BCUT2D eigenvalue weighted by Crippen LogP contribution is -2.33. The van der Waals surface area contributed by atoms with Gasteiger partial charge in [0.05, 0.1) is 5.75 Å². The highest BCUT2D eigenvalue weighted by atomic mass is 32.2. The monoisotopic (exact) mass is 331 g/mol. The molecule has 1 unspecified atom stereocenters. The predicted molar refractivity (Wildman–Crippen MR) is 78.6 cm³/mol. The highest BCUT2D eigenvalue weighted by Crippen LogP contribution is 2.17. The summed E-state index contributed by atoms with van der Waals surface area (Å²) in [5, 5.41) is 11.5. The zero-order valence-electron chi connectivity index (χ0n) is 12.3. The quantitative estimate of drug-likeness (QED) is 0.782. The van der Waals surface area contributed by atoms with Crippen LogP contribution in [0.3, 0.4) is 0 Å². The summed E-state index contributed by atoms with van der Waals surface area (Å²) in [5.74, 6) is -2.46. The predicted octanol–water partition coefficient (Wildman–Crippen LogP) is 1.20. The summed E-state index contributed by atoms with van der Waals surface area (Å²) < 4.78 is 35.2. The Morgan fingerprint density at radius 1 is 1.36 bits per heavy atom. The van der Waals surface area contributed by atoms with Gasteiger partial charge < -0.3 is 10.4 Å². The first-order valence-electron chi connectivity index (χ1n) is 6.56. The number of carboxylic acid groups (broad SMARTS) is 1. The van der Waals surface area contributed by atoms with Crippen LogP contribution in [0.1, 0.15) is 30.0 Å². The van der Waals surface area contributed by atoms with Crippen molar-refractivity contribution >= 4 is 21.7 Å². The molecule has 0 aromatic heterocycles. The largest absolute Gasteiger partial charge is 0.479 e. The molecule has 8 heteroatoms. The number of rotatable bonds is 7. The van der Waals surface area contributed by atoms with Crippen molar-refractivity contribution in [3.63, 3.8) is 0 Å². The summed E-state index contributed by atoms with van der Waals surface area (Å²) in [6.07, 6.45) is 1.07. The third-order valence-corrected chi connectivity index (χ3v) is 4.02. The van der Waals surface area contributed by atoms with Crippen molar-refractivity contribution in [1.82, 2.24) is 5.32 Å². The lowest BCUT2D eigenvalue weighted by atomic mass is 10.0. The van der Waals surface area contributed by atoms with Crippen LogP contribution >= 0.6 is 0 Å². The Morgan fingerprint density at radius 3 is 2.50 bits per heavy atom. The smallest absolute Gasteiger partial charge is 0.330 e. The van der Waals surface area contributed by atoms with E-state index in [1.165, 1.54) is 19.1 Å². The summed E-state index contributed by atoms with van der Waals surface area (Å²) >= 11 is 0. The Kier molecular flexibility index (Phi) is 6.04. The third kappa shape index (κ3) is 5.80. The van der Waals surface area contributed by atoms with Crippen molar-refractivity contribution in [2.45, 2.75) is 25.8 Å². The second-order valence-corrected chi connectivity index (χ2v) is 7.34. The molecule has 6 nitrogen and oxygen atoms in total. The molecule has 0 fully saturated rings. The summed E-state index contributed by atoms with van der Waals surface area (Å²) in [5.41, 5.74) is 0.526. The molecule has 0 saturated carbocycles. The number of nitrogens with one attached hydrogen (secondary N) is 1. The van der Waals surface area contributed by atoms with Crippen molar-refractivity contribution in [2.24, 2.45) is 0 Å². The van der Waals surface area contributed by atoms with Gasteiger partial charge in [-0.3, -0.25) is 4.79 Å². The molecule has 0 heterocycles. The molecule has 1 amide bonds. The molecule has 0 aliphatic rings. The van der Waals surface area contributed by atoms with E-state index in [9.17, 15) is 27.5 Å². The standard InChI is InChI=1S/C14H18FNO5S/c1-9-8-10(5-6-11(9)15)13(14(18)19)16-12(17)4-3-7-22(2,20)21/h5-6,8,13H,3-4,7H2,1-2H3,(H,16,17)(H,18,19). The van der Waals surface area contributed by atoms with Gasteiger partial charge in [0.2, 0.25) is 5.91 Å². The summed E-state index contributed by atoms with van der Waals surface area (Å²) in [7, 11) is -3.17. The average molecular weight is 331 g/mol. The van der Waals surface area contributed by atoms with Crippen molar-refractivity contribution in [3.05, 3.63) is 35.1 Å². The van der Waals surface area contributed by atoms with Crippen LogP contribution in [-0.4, -0.2) is 37.4 Å². The number of halogens is 1. The van der Waals surface area contributed by atoms with Gasteiger partial charge in [-0.2, -0.15) is 0 Å². The molecule has 2 N–H and O–H groups in total. The Labute approximate surface area is 128 Å². The molecular formula is C14H18FNO5S. The van der Waals surface area contributed by atoms with Gasteiger partial charge in [-0.15, -0.1) is 0 Å². The van der Waals surface area contributed by atoms with Crippen LogP contribution in [0, 0.1) is 12.7 Å². The average Bonchev–Trinajstić information content (AvgIpc) is 2.37. The number of hydrogen-bond acceptors (Lipinski definition) is 4. The Balaban J connectivity index is 2.74. The Hall–Kier alpha value is -1.96. The van der Waals surface area contributed by atoms with E-state index in [-0.39, 0.29) is 29.7 Å². The van der Waals surface area contributed by atoms with Gasteiger partial charge in [0.15, 0.2) is 6.04 Å². The van der Waals surface area contributed by atoms with E-state index in [0.29, 0.717) is 0 Å². The first-order valence-corrected chi connectivity index (χ1v) is 8.62. The van der Waals surface area contributed by atoms with Gasteiger partial charge in [0.1, 0.15) is 15.7 Å². The van der Waals surface area contributed by atoms with Crippen LogP contribution in [0.4, 0.5) is 4.39 Å². The summed E-state index contributed by atoms with van der Waals surface area (Å²) in [4.78, 5) is 23.0. The van der Waals surface area contributed by atoms with Gasteiger partial charge in [0.25, 0.3) is 0 Å². The van der Waals surface area contributed by atoms with Crippen LogP contribution in [0.2, 0.25) is 0 Å². The minimum atomic E-state index is -3.17. The normalized spacial score (nSPS) is 12.7. The number of carbonyl (C=O) groups is 2. The molecule has 0 spiro atoms. The van der Waals surface area contributed by atoms with Crippen molar-refractivity contribution < 1.29 is 27.5 Å². The number of aryl methyl sites for hydroxylation is 1. The van der Waals surface area contributed by atoms with Crippen molar-refractivity contribution in [3.8, 4) is 0 Å². The summed E-state index contributed by atoms with van der Waals surface area (Å²) in [6.45, 7) is 1.49. The molecule has 0 radical (unpaired) electrons. The zero-order valence-corrected chi connectivity index (χ0v) is 13.1. The van der Waals surface area contributed by atoms with Crippen LogP contribution in [-0.2, 0) is 19.4 Å². The first kappa shape index (κ1) is 18.1. The highest BCUT2D eigenvalue weighted by molar-refractivity contribution is 7.90. The minimum Gasteiger partial charge on any atom is -0.479 e. The molecular weight excluding hydrogens is 313 g/mol. The molecule has 22 heavy (non-hydrogen) atoms. The number of benzene rings is 1. The Bertz CT molecular complexity index is 672. The van der Waals surface area contributed by atoms with Gasteiger partial charge in [-0.05, 0) is 30.5 Å². The van der Waals surface area contributed by atoms with Gasteiger partial charge in [-0.1, -0.05) is 12.1 Å². The van der Waals surface area contributed by atoms with Crippen LogP contribution < -0.4 is 5.32 Å². The van der Waals surface area contributed by atoms with Gasteiger partial charge in [0, 0.05) is 12.7 Å². The molecule has 0 aliphatic heterocycles. The third-order valence-electron chi connectivity index (χ3n) is 2.99. The topological polar surface area (TPSA) is 101 Å². The van der Waals surface area contributed by atoms with Gasteiger partial charge in [-0.25, -0.2) is 17.6 Å². The molecule has 0 saturated heterocycles. The maximum Gasteiger partial charge on any atom is 0.330 e. The van der Waals surface area contributed by atoms with E-state index in [0.717, 1.165) is 12.3 Å². The molecule has 1 aromatic carbocycles. The van der Waals surface area contributed by atoms with Crippen LogP contribution in [0.5, 0.6) is 0 Å². The van der Waals surface area contributed by atoms with E-state index in [1.807, 2.05) is 0 Å². The molecule has 1 atom stereocenters. The van der Waals surface area contributed by atoms with Crippen LogP contribution in [0.15, 0.2) is 18.2 Å². The lowest BCUT2D eigenvalue weighted by Gasteiger charge is -2.15. The van der Waals surface area contributed by atoms with Crippen molar-refractivity contribution in [2.75, 3.05) is 12.0 Å². The number of carbonyl (C=O) groups excluding carboxylic acids is 1. The van der Waals surface area contributed by atoms with E-state index in [2.05, 4.69) is 5.32 Å². The Morgan fingerprint density at radius 2 is 2.00 bits per heavy atom. The van der Waals surface area contributed by atoms with E-state index >= 15 is 0 Å². The molecule has 1 rings (SSSR count). The lowest BCUT2D eigenvalue weighted by molar-refractivity contribution is -0.142. The van der Waals surface area contributed by atoms with Gasteiger partial charge >= 0.3 is 5.97 Å². The fourth-order valence-electron chi connectivity index (χ4n) is 1.86. The van der Waals surface area contributed by atoms with Crippen molar-refractivity contribution in [1.29, 1.82) is 0 Å². The maximum absolute atomic E-state index is 13.2. The maximum atomic E-state index is 13.2. The number of amides is 1. The fraction of sp³-hybridized carbons (Fsp3) is 0.429. The molecule has 1 aromatic rings. The van der Waals surface area contributed by atoms with Crippen LogP contribution in [0.25, 0.3) is 0 Å². The van der Waals surface area contributed by atoms with E-state index in [4.69, 9.17) is 0 Å². The van der Waals surface area contributed by atoms with E-state index < -0.39 is 33.6 Å². The number of aliphatic carboxylic acids is 1. The number of carboxylic acids is 1. The molecule has 122 valence electrons. The fourth-order valence-corrected chi connectivity index (χ4v) is 2.53. The highest BCUT2D eigenvalue weighted by Gasteiger charge is 2.22. The zero-order chi connectivity index (χ0) is 16.9. The SMILES string of the molecule is Cc1cc(C(NC(=O)CCCS(C)(=O)=O)C(=O)O)ccc1F. The number of hydrogen-bond donors (Lipinski definition) is 2. The van der Waals surface area contributed by atoms with E-state index in [1.54, 1.807) is 0 Å². The second kappa shape index (κ2) is 7.35. The second-order valence-electron chi connectivity index (χ2n) is 5.08. The molecule has 0 aliphatic carbocycles. The minimum absolute atomic E-state index is 0.100. The number of sulfone groups is 1. The first-order chi connectivity index (χ1) is 10.1. The summed E-state index contributed by atoms with van der Waals surface area (Å²) in [6, 6.07) is 2.48. The molecule has 0 bridgehead atoms.